The van der Waals surface area contributed by atoms with Crippen molar-refractivity contribution in [3.8, 4) is 17.2 Å². The molecular formula is C19H22N2O4. The summed E-state index contributed by atoms with van der Waals surface area (Å²) in [5, 5.41) is 4.00. The van der Waals surface area contributed by atoms with E-state index >= 15 is 0 Å². The molecule has 1 amide bonds. The smallest absolute Gasteiger partial charge is 0.275 e. The number of hydrogen-bond donors (Lipinski definition) is 1. The molecule has 6 heteroatoms. The predicted molar refractivity (Wildman–Crippen MR) is 96.8 cm³/mol. The van der Waals surface area contributed by atoms with Crippen LogP contribution in [0, 0.1) is 0 Å². The van der Waals surface area contributed by atoms with E-state index in [1.165, 1.54) is 6.21 Å². The van der Waals surface area contributed by atoms with Crippen LogP contribution in [-0.2, 0) is 0 Å². The van der Waals surface area contributed by atoms with Gasteiger partial charge in [-0.3, -0.25) is 4.79 Å². The van der Waals surface area contributed by atoms with Gasteiger partial charge in [0.25, 0.3) is 5.91 Å². The van der Waals surface area contributed by atoms with Gasteiger partial charge >= 0.3 is 0 Å². The molecule has 2 rings (SSSR count). The average Bonchev–Trinajstić information content (AvgIpc) is 2.61. The van der Waals surface area contributed by atoms with Gasteiger partial charge in [0.1, 0.15) is 17.2 Å². The zero-order valence-electron chi connectivity index (χ0n) is 14.8. The summed E-state index contributed by atoms with van der Waals surface area (Å²) in [6.07, 6.45) is 1.49. The summed E-state index contributed by atoms with van der Waals surface area (Å²) in [5.74, 6) is 1.45. The molecule has 0 aliphatic carbocycles. The molecule has 0 heterocycles. The monoisotopic (exact) mass is 342 g/mol. The maximum atomic E-state index is 12.3. The molecule has 1 N–H and O–H groups in total. The van der Waals surface area contributed by atoms with Gasteiger partial charge in [-0.15, -0.1) is 0 Å². The quantitative estimate of drug-likeness (QED) is 0.619. The van der Waals surface area contributed by atoms with E-state index in [9.17, 15) is 4.79 Å². The second-order valence-electron chi connectivity index (χ2n) is 5.47. The molecule has 2 aromatic carbocycles. The van der Waals surface area contributed by atoms with Crippen LogP contribution in [0.4, 0.5) is 0 Å². The summed E-state index contributed by atoms with van der Waals surface area (Å²) in [6, 6.07) is 12.4. The summed E-state index contributed by atoms with van der Waals surface area (Å²) in [5.41, 5.74) is 3.65. The number of nitrogens with zero attached hydrogens (tertiary/aromatic N) is 1. The first-order valence-corrected chi connectivity index (χ1v) is 7.86. The molecular weight excluding hydrogens is 320 g/mol. The Morgan fingerprint density at radius 1 is 1.08 bits per heavy atom. The molecule has 0 saturated heterocycles. The van der Waals surface area contributed by atoms with Crippen molar-refractivity contribution in [2.75, 3.05) is 14.2 Å². The van der Waals surface area contributed by atoms with Crippen LogP contribution >= 0.6 is 0 Å². The molecule has 0 aliphatic rings. The van der Waals surface area contributed by atoms with E-state index in [1.807, 2.05) is 19.9 Å². The number of rotatable bonds is 7. The minimum atomic E-state index is -0.347. The highest BCUT2D eigenvalue weighted by molar-refractivity contribution is 5.97. The van der Waals surface area contributed by atoms with Crippen molar-refractivity contribution in [2.45, 2.75) is 20.0 Å². The van der Waals surface area contributed by atoms with E-state index in [2.05, 4.69) is 10.5 Å². The molecule has 25 heavy (non-hydrogen) atoms. The minimum absolute atomic E-state index is 0.0268. The van der Waals surface area contributed by atoms with E-state index in [4.69, 9.17) is 14.2 Å². The Bertz CT molecular complexity index is 757. The number of para-hydroxylation sites is 1. The summed E-state index contributed by atoms with van der Waals surface area (Å²) in [6.45, 7) is 3.81. The molecule has 0 atom stereocenters. The SMILES string of the molecule is COc1ccc(C=NNC(=O)c2ccccc2OC(C)C)c(OC)c1. The Kier molecular flexibility index (Phi) is 6.39. The normalized spacial score (nSPS) is 10.8. The Balaban J connectivity index is 2.11. The van der Waals surface area contributed by atoms with Gasteiger partial charge in [-0.2, -0.15) is 5.10 Å². The van der Waals surface area contributed by atoms with Crippen molar-refractivity contribution >= 4 is 12.1 Å². The Morgan fingerprint density at radius 2 is 1.84 bits per heavy atom. The molecule has 0 saturated carbocycles. The van der Waals surface area contributed by atoms with E-state index in [1.54, 1.807) is 50.6 Å². The van der Waals surface area contributed by atoms with Crippen LogP contribution in [0.3, 0.4) is 0 Å². The van der Waals surface area contributed by atoms with Gasteiger partial charge in [-0.05, 0) is 38.1 Å². The van der Waals surface area contributed by atoms with Crippen molar-refractivity contribution < 1.29 is 19.0 Å². The highest BCUT2D eigenvalue weighted by Gasteiger charge is 2.12. The summed E-state index contributed by atoms with van der Waals surface area (Å²) in [7, 11) is 3.14. The first-order chi connectivity index (χ1) is 12.0. The number of nitrogens with one attached hydrogen (secondary N) is 1. The highest BCUT2D eigenvalue weighted by atomic mass is 16.5. The van der Waals surface area contributed by atoms with Crippen LogP contribution in [0.1, 0.15) is 29.8 Å². The van der Waals surface area contributed by atoms with Gasteiger partial charge in [0.05, 0.1) is 32.1 Å². The lowest BCUT2D eigenvalue weighted by atomic mass is 10.2. The molecule has 0 aliphatic heterocycles. The van der Waals surface area contributed by atoms with Gasteiger partial charge in [-0.25, -0.2) is 5.43 Å². The lowest BCUT2D eigenvalue weighted by molar-refractivity contribution is 0.0949. The third-order valence-corrected chi connectivity index (χ3v) is 3.30. The zero-order chi connectivity index (χ0) is 18.2. The topological polar surface area (TPSA) is 69.2 Å². The summed E-state index contributed by atoms with van der Waals surface area (Å²) >= 11 is 0. The maximum Gasteiger partial charge on any atom is 0.275 e. The average molecular weight is 342 g/mol. The summed E-state index contributed by atoms with van der Waals surface area (Å²) in [4.78, 5) is 12.3. The first-order valence-electron chi connectivity index (χ1n) is 7.86. The number of ether oxygens (including phenoxy) is 3. The Hall–Kier alpha value is -3.02. The number of methoxy groups -OCH3 is 2. The molecule has 0 bridgehead atoms. The number of amides is 1. The second-order valence-corrected chi connectivity index (χ2v) is 5.47. The molecule has 132 valence electrons. The fraction of sp³-hybridized carbons (Fsp3) is 0.263. The van der Waals surface area contributed by atoms with E-state index in [0.717, 1.165) is 5.56 Å². The van der Waals surface area contributed by atoms with Crippen LogP contribution in [-0.4, -0.2) is 32.4 Å². The van der Waals surface area contributed by atoms with Crippen LogP contribution in [0.5, 0.6) is 17.2 Å². The van der Waals surface area contributed by atoms with Crippen molar-refractivity contribution in [3.05, 3.63) is 53.6 Å². The molecule has 0 fully saturated rings. The Labute approximate surface area is 147 Å². The third kappa shape index (κ3) is 4.97. The first kappa shape index (κ1) is 18.3. The fourth-order valence-corrected chi connectivity index (χ4v) is 2.16. The maximum absolute atomic E-state index is 12.3. The van der Waals surface area contributed by atoms with Gasteiger partial charge in [0.2, 0.25) is 0 Å². The predicted octanol–water partition coefficient (Wildman–Crippen LogP) is 3.25. The molecule has 0 spiro atoms. The van der Waals surface area contributed by atoms with E-state index in [0.29, 0.717) is 22.8 Å². The van der Waals surface area contributed by atoms with Crippen LogP contribution in [0.15, 0.2) is 47.6 Å². The number of carbonyl (C=O) groups is 1. The van der Waals surface area contributed by atoms with Gasteiger partial charge in [0.15, 0.2) is 0 Å². The molecule has 0 unspecified atom stereocenters. The number of benzene rings is 2. The van der Waals surface area contributed by atoms with Gasteiger partial charge < -0.3 is 14.2 Å². The summed E-state index contributed by atoms with van der Waals surface area (Å²) < 4.78 is 16.1. The molecule has 0 aromatic heterocycles. The molecule has 2 aromatic rings. The van der Waals surface area contributed by atoms with Crippen LogP contribution in [0.2, 0.25) is 0 Å². The van der Waals surface area contributed by atoms with Crippen LogP contribution < -0.4 is 19.6 Å². The minimum Gasteiger partial charge on any atom is -0.497 e. The number of carbonyl (C=O) groups excluding carboxylic acids is 1. The van der Waals surface area contributed by atoms with Crippen molar-refractivity contribution in [1.29, 1.82) is 0 Å². The number of hydrazone groups is 1. The van der Waals surface area contributed by atoms with Crippen molar-refractivity contribution in [1.82, 2.24) is 5.43 Å². The lowest BCUT2D eigenvalue weighted by Crippen LogP contribution is -2.19. The van der Waals surface area contributed by atoms with Gasteiger partial charge in [0, 0.05) is 11.6 Å². The van der Waals surface area contributed by atoms with Crippen LogP contribution in [0.25, 0.3) is 0 Å². The van der Waals surface area contributed by atoms with E-state index < -0.39 is 0 Å². The lowest BCUT2D eigenvalue weighted by Gasteiger charge is -2.13. The third-order valence-electron chi connectivity index (χ3n) is 3.30. The standard InChI is InChI=1S/C19H22N2O4/c1-13(2)25-17-8-6-5-7-16(17)19(22)21-20-12-14-9-10-15(23-3)11-18(14)24-4/h5-13H,1-4H3,(H,21,22). The Morgan fingerprint density at radius 3 is 2.52 bits per heavy atom. The van der Waals surface area contributed by atoms with Crippen molar-refractivity contribution in [3.63, 3.8) is 0 Å². The molecule has 0 radical (unpaired) electrons. The number of hydrogen-bond acceptors (Lipinski definition) is 5. The van der Waals surface area contributed by atoms with Gasteiger partial charge in [-0.1, -0.05) is 12.1 Å². The fourth-order valence-electron chi connectivity index (χ4n) is 2.16. The highest BCUT2D eigenvalue weighted by Crippen LogP contribution is 2.23. The second kappa shape index (κ2) is 8.73. The van der Waals surface area contributed by atoms with E-state index in [-0.39, 0.29) is 12.0 Å². The largest absolute Gasteiger partial charge is 0.497 e. The molecule has 6 nitrogen and oxygen atoms in total. The van der Waals surface area contributed by atoms with Crippen molar-refractivity contribution in [2.24, 2.45) is 5.10 Å². The zero-order valence-corrected chi connectivity index (χ0v) is 14.8.